The highest BCUT2D eigenvalue weighted by Crippen LogP contribution is 2.32. The van der Waals surface area contributed by atoms with E-state index in [1.54, 1.807) is 0 Å². The third-order valence-corrected chi connectivity index (χ3v) is 4.84. The molecule has 0 amide bonds. The van der Waals surface area contributed by atoms with Gasteiger partial charge in [-0.2, -0.15) is 0 Å². The van der Waals surface area contributed by atoms with E-state index in [2.05, 4.69) is 5.32 Å². The average molecular weight is 239 g/mol. The first-order valence-electron chi connectivity index (χ1n) is 7.64. The van der Waals surface area contributed by atoms with Gasteiger partial charge in [0.05, 0.1) is 5.60 Å². The van der Waals surface area contributed by atoms with Gasteiger partial charge in [0.2, 0.25) is 0 Å². The van der Waals surface area contributed by atoms with Gasteiger partial charge in [-0.3, -0.25) is 0 Å². The summed E-state index contributed by atoms with van der Waals surface area (Å²) in [5.41, 5.74) is -0.488. The molecule has 100 valence electrons. The average Bonchev–Trinajstić information content (AvgIpc) is 2.39. The lowest BCUT2D eigenvalue weighted by Gasteiger charge is -2.37. The van der Waals surface area contributed by atoms with Crippen LogP contribution in [0.2, 0.25) is 0 Å². The van der Waals surface area contributed by atoms with Crippen LogP contribution in [0.25, 0.3) is 0 Å². The fraction of sp³-hybridized carbons (Fsp3) is 1.00. The molecular formula is C15H29NO. The van der Waals surface area contributed by atoms with Gasteiger partial charge in [0.1, 0.15) is 0 Å². The van der Waals surface area contributed by atoms with Crippen molar-refractivity contribution in [3.8, 4) is 0 Å². The number of nitrogens with one attached hydrogen (secondary N) is 1. The Morgan fingerprint density at radius 3 is 2.06 bits per heavy atom. The second-order valence-corrected chi connectivity index (χ2v) is 6.41. The second kappa shape index (κ2) is 6.19. The predicted molar refractivity (Wildman–Crippen MR) is 72.1 cm³/mol. The molecule has 2 fully saturated rings. The first-order valence-corrected chi connectivity index (χ1v) is 7.64. The Morgan fingerprint density at radius 1 is 0.941 bits per heavy atom. The molecule has 0 aromatic rings. The lowest BCUT2D eigenvalue weighted by atomic mass is 9.77. The normalized spacial score (nSPS) is 27.9. The molecule has 1 unspecified atom stereocenters. The van der Waals surface area contributed by atoms with Crippen molar-refractivity contribution >= 4 is 0 Å². The maximum Gasteiger partial charge on any atom is 0.0771 e. The van der Waals surface area contributed by atoms with Gasteiger partial charge in [0, 0.05) is 12.6 Å². The minimum Gasteiger partial charge on any atom is -0.389 e. The quantitative estimate of drug-likeness (QED) is 0.789. The van der Waals surface area contributed by atoms with Gasteiger partial charge in [0.15, 0.2) is 0 Å². The fourth-order valence-electron chi connectivity index (χ4n) is 3.53. The number of hydrogen-bond acceptors (Lipinski definition) is 2. The van der Waals surface area contributed by atoms with Crippen LogP contribution in [0.4, 0.5) is 0 Å². The Morgan fingerprint density at radius 2 is 1.47 bits per heavy atom. The van der Waals surface area contributed by atoms with Crippen LogP contribution >= 0.6 is 0 Å². The van der Waals surface area contributed by atoms with Gasteiger partial charge in [-0.25, -0.2) is 0 Å². The van der Waals surface area contributed by atoms with Gasteiger partial charge in [-0.1, -0.05) is 38.5 Å². The summed E-state index contributed by atoms with van der Waals surface area (Å²) >= 11 is 0. The van der Waals surface area contributed by atoms with Crippen LogP contribution in [-0.4, -0.2) is 23.3 Å². The standard InChI is InChI=1S/C15H29NO/c1-15(17,13-8-4-2-5-9-13)12-16-14-10-6-3-7-11-14/h13-14,16-17H,2-12H2,1H3. The van der Waals surface area contributed by atoms with Crippen molar-refractivity contribution in [3.05, 3.63) is 0 Å². The summed E-state index contributed by atoms with van der Waals surface area (Å²) in [7, 11) is 0. The lowest BCUT2D eigenvalue weighted by Crippen LogP contribution is -2.48. The van der Waals surface area contributed by atoms with Crippen molar-refractivity contribution in [2.75, 3.05) is 6.54 Å². The van der Waals surface area contributed by atoms with Crippen molar-refractivity contribution in [2.24, 2.45) is 5.92 Å². The van der Waals surface area contributed by atoms with Crippen molar-refractivity contribution in [3.63, 3.8) is 0 Å². The van der Waals surface area contributed by atoms with E-state index in [1.165, 1.54) is 64.2 Å². The molecule has 1 atom stereocenters. The molecule has 2 N–H and O–H groups in total. The van der Waals surface area contributed by atoms with Crippen LogP contribution in [0.3, 0.4) is 0 Å². The number of aliphatic hydroxyl groups is 1. The van der Waals surface area contributed by atoms with E-state index < -0.39 is 5.60 Å². The largest absolute Gasteiger partial charge is 0.389 e. The van der Waals surface area contributed by atoms with E-state index in [0.717, 1.165) is 6.54 Å². The summed E-state index contributed by atoms with van der Waals surface area (Å²) in [4.78, 5) is 0. The Kier molecular flexibility index (Phi) is 4.87. The van der Waals surface area contributed by atoms with Crippen molar-refractivity contribution < 1.29 is 5.11 Å². The fourth-order valence-corrected chi connectivity index (χ4v) is 3.53. The summed E-state index contributed by atoms with van der Waals surface area (Å²) in [5, 5.41) is 14.2. The van der Waals surface area contributed by atoms with E-state index in [-0.39, 0.29) is 0 Å². The summed E-state index contributed by atoms with van der Waals surface area (Å²) in [6.45, 7) is 2.83. The van der Waals surface area contributed by atoms with Crippen LogP contribution in [0, 0.1) is 5.92 Å². The van der Waals surface area contributed by atoms with E-state index >= 15 is 0 Å². The first-order chi connectivity index (χ1) is 8.18. The van der Waals surface area contributed by atoms with E-state index in [1.807, 2.05) is 6.92 Å². The van der Waals surface area contributed by atoms with Crippen LogP contribution in [-0.2, 0) is 0 Å². The first kappa shape index (κ1) is 13.4. The zero-order valence-corrected chi connectivity index (χ0v) is 11.4. The molecule has 0 aromatic heterocycles. The molecule has 0 heterocycles. The molecule has 17 heavy (non-hydrogen) atoms. The minimum atomic E-state index is -0.488. The topological polar surface area (TPSA) is 32.3 Å². The van der Waals surface area contributed by atoms with E-state index in [9.17, 15) is 5.11 Å². The minimum absolute atomic E-state index is 0.488. The molecule has 2 rings (SSSR count). The monoisotopic (exact) mass is 239 g/mol. The van der Waals surface area contributed by atoms with Crippen molar-refractivity contribution in [1.29, 1.82) is 0 Å². The SMILES string of the molecule is CC(O)(CNC1CCCCC1)C1CCCCC1. The second-order valence-electron chi connectivity index (χ2n) is 6.41. The molecular weight excluding hydrogens is 210 g/mol. The Balaban J connectivity index is 1.75. The number of hydrogen-bond donors (Lipinski definition) is 2. The van der Waals surface area contributed by atoms with Crippen molar-refractivity contribution in [1.82, 2.24) is 5.32 Å². The highest BCUT2D eigenvalue weighted by Gasteiger charge is 2.33. The molecule has 2 aliphatic carbocycles. The van der Waals surface area contributed by atoms with Crippen LogP contribution in [0.1, 0.15) is 71.1 Å². The summed E-state index contributed by atoms with van der Waals surface area (Å²) < 4.78 is 0. The van der Waals surface area contributed by atoms with Crippen LogP contribution in [0.5, 0.6) is 0 Å². The Hall–Kier alpha value is -0.0800. The molecule has 2 nitrogen and oxygen atoms in total. The summed E-state index contributed by atoms with van der Waals surface area (Å²) in [5.74, 6) is 0.521. The van der Waals surface area contributed by atoms with Crippen molar-refractivity contribution in [2.45, 2.75) is 82.8 Å². The summed E-state index contributed by atoms with van der Waals surface area (Å²) in [6, 6.07) is 0.666. The zero-order valence-electron chi connectivity index (χ0n) is 11.4. The van der Waals surface area contributed by atoms with Gasteiger partial charge in [-0.15, -0.1) is 0 Å². The molecule has 0 aliphatic heterocycles. The van der Waals surface area contributed by atoms with E-state index in [4.69, 9.17) is 0 Å². The highest BCUT2D eigenvalue weighted by atomic mass is 16.3. The lowest BCUT2D eigenvalue weighted by molar-refractivity contribution is -0.0179. The predicted octanol–water partition coefficient (Wildman–Crippen LogP) is 3.24. The van der Waals surface area contributed by atoms with Crippen LogP contribution in [0.15, 0.2) is 0 Å². The zero-order chi connectivity index (χ0) is 12.1. The third-order valence-electron chi connectivity index (χ3n) is 4.84. The van der Waals surface area contributed by atoms with Gasteiger partial charge in [0.25, 0.3) is 0 Å². The summed E-state index contributed by atoms with van der Waals surface area (Å²) in [6.07, 6.45) is 13.2. The molecule has 0 bridgehead atoms. The number of rotatable bonds is 4. The third kappa shape index (κ3) is 3.96. The maximum absolute atomic E-state index is 10.6. The molecule has 2 heteroatoms. The maximum atomic E-state index is 10.6. The van der Waals surface area contributed by atoms with Gasteiger partial charge >= 0.3 is 0 Å². The van der Waals surface area contributed by atoms with Gasteiger partial charge in [-0.05, 0) is 38.5 Å². The molecule has 0 aromatic carbocycles. The van der Waals surface area contributed by atoms with E-state index in [0.29, 0.717) is 12.0 Å². The molecule has 2 aliphatic rings. The molecule has 0 spiro atoms. The Bertz CT molecular complexity index is 215. The smallest absolute Gasteiger partial charge is 0.0771 e. The van der Waals surface area contributed by atoms with Crippen LogP contribution < -0.4 is 5.32 Å². The molecule has 0 radical (unpaired) electrons. The molecule has 0 saturated heterocycles. The van der Waals surface area contributed by atoms with Gasteiger partial charge < -0.3 is 10.4 Å². The molecule has 2 saturated carbocycles. The highest BCUT2D eigenvalue weighted by molar-refractivity contribution is 4.87. The Labute approximate surface area is 106 Å².